The molecule has 100 valence electrons. The van der Waals surface area contributed by atoms with Crippen LogP contribution in [-0.2, 0) is 0 Å². The van der Waals surface area contributed by atoms with Gasteiger partial charge in [0.1, 0.15) is 12.1 Å². The minimum atomic E-state index is -0.271. The Balaban J connectivity index is 2.13. The molecule has 21 heavy (non-hydrogen) atoms. The van der Waals surface area contributed by atoms with Gasteiger partial charge in [0.05, 0.1) is 5.69 Å². The molecule has 0 aliphatic carbocycles. The number of nitrogens with zero attached hydrogens (tertiary/aromatic N) is 4. The van der Waals surface area contributed by atoms with E-state index in [4.69, 9.17) is 10.5 Å². The van der Waals surface area contributed by atoms with E-state index >= 15 is 0 Å². The number of aromatic nitrogens is 1. The van der Waals surface area contributed by atoms with Gasteiger partial charge in [0.15, 0.2) is 5.78 Å². The number of benzene rings is 1. The molecule has 0 radical (unpaired) electrons. The number of nitrogens with one attached hydrogen (secondary N) is 1. The summed E-state index contributed by atoms with van der Waals surface area (Å²) in [5, 5.41) is 20.7. The number of hydrogen-bond acceptors (Lipinski definition) is 6. The van der Waals surface area contributed by atoms with Crippen molar-refractivity contribution in [1.29, 1.82) is 10.5 Å². The Hall–Kier alpha value is -3.51. The number of carbonyl (C=O) groups is 1. The van der Waals surface area contributed by atoms with Gasteiger partial charge in [0, 0.05) is 23.5 Å². The van der Waals surface area contributed by atoms with E-state index in [2.05, 4.69) is 15.5 Å². The summed E-state index contributed by atoms with van der Waals surface area (Å²) >= 11 is 0. The fourth-order valence-corrected chi connectivity index (χ4v) is 1.56. The maximum Gasteiger partial charge on any atom is 0.237 e. The summed E-state index contributed by atoms with van der Waals surface area (Å²) in [6.45, 7) is 0. The molecule has 0 unspecified atom stereocenters. The molecule has 1 heterocycles. The second-order valence-electron chi connectivity index (χ2n) is 3.94. The Morgan fingerprint density at radius 2 is 1.57 bits per heavy atom. The number of pyridine rings is 1. The smallest absolute Gasteiger partial charge is 0.237 e. The molecule has 0 saturated carbocycles. The lowest BCUT2D eigenvalue weighted by Crippen LogP contribution is -2.01. The molecule has 0 fully saturated rings. The summed E-state index contributed by atoms with van der Waals surface area (Å²) < 4.78 is 0. The Labute approximate surface area is 121 Å². The molecule has 0 saturated heterocycles. The van der Waals surface area contributed by atoms with E-state index in [0.29, 0.717) is 16.8 Å². The third-order valence-corrected chi connectivity index (χ3v) is 2.60. The topological polar surface area (TPSA) is 102 Å². The quantitative estimate of drug-likeness (QED) is 0.523. The number of ketones is 1. The third-order valence-electron chi connectivity index (χ3n) is 2.60. The van der Waals surface area contributed by atoms with Gasteiger partial charge in [-0.1, -0.05) is 0 Å². The first-order valence-corrected chi connectivity index (χ1v) is 5.93. The third kappa shape index (κ3) is 3.49. The van der Waals surface area contributed by atoms with Crippen LogP contribution in [0.2, 0.25) is 0 Å². The van der Waals surface area contributed by atoms with E-state index in [-0.39, 0.29) is 11.5 Å². The van der Waals surface area contributed by atoms with E-state index in [1.807, 2.05) is 0 Å². The maximum atomic E-state index is 12.2. The van der Waals surface area contributed by atoms with Crippen molar-refractivity contribution in [2.24, 2.45) is 5.10 Å². The number of carbonyl (C=O) groups excluding carboxylic acids is 1. The van der Waals surface area contributed by atoms with E-state index in [1.54, 1.807) is 60.9 Å². The van der Waals surface area contributed by atoms with Crippen molar-refractivity contribution in [2.45, 2.75) is 0 Å². The second-order valence-corrected chi connectivity index (χ2v) is 3.94. The summed E-state index contributed by atoms with van der Waals surface area (Å²) in [6.07, 6.45) is 3.12. The number of rotatable bonds is 4. The molecule has 1 aromatic carbocycles. The van der Waals surface area contributed by atoms with Gasteiger partial charge in [0.2, 0.25) is 5.71 Å². The zero-order chi connectivity index (χ0) is 15.1. The molecule has 2 rings (SSSR count). The Kier molecular flexibility index (Phi) is 4.37. The molecule has 0 spiro atoms. The minimum absolute atomic E-state index is 0.109. The summed E-state index contributed by atoms with van der Waals surface area (Å²) in [5.41, 5.74) is 3.96. The fourth-order valence-electron chi connectivity index (χ4n) is 1.56. The summed E-state index contributed by atoms with van der Waals surface area (Å²) in [4.78, 5) is 16.0. The van der Waals surface area contributed by atoms with Gasteiger partial charge in [-0.3, -0.25) is 15.2 Å². The Bertz CT molecular complexity index is 735. The first-order chi connectivity index (χ1) is 10.2. The van der Waals surface area contributed by atoms with Crippen LogP contribution in [0, 0.1) is 22.7 Å². The molecule has 0 bridgehead atoms. The van der Waals surface area contributed by atoms with Crippen molar-refractivity contribution in [1.82, 2.24) is 4.98 Å². The van der Waals surface area contributed by atoms with Crippen LogP contribution in [0.5, 0.6) is 0 Å². The predicted molar refractivity (Wildman–Crippen MR) is 76.4 cm³/mol. The number of anilines is 1. The highest BCUT2D eigenvalue weighted by atomic mass is 16.1. The monoisotopic (exact) mass is 275 g/mol. The predicted octanol–water partition coefficient (Wildman–Crippen LogP) is 2.13. The van der Waals surface area contributed by atoms with Gasteiger partial charge in [-0.2, -0.15) is 15.6 Å². The first-order valence-electron chi connectivity index (χ1n) is 5.93. The zero-order valence-corrected chi connectivity index (χ0v) is 10.8. The summed E-state index contributed by atoms with van der Waals surface area (Å²) in [6, 6.07) is 13.1. The van der Waals surface area contributed by atoms with Gasteiger partial charge in [-0.25, -0.2) is 0 Å². The number of hydrazone groups is 1. The van der Waals surface area contributed by atoms with Gasteiger partial charge in [0.25, 0.3) is 0 Å². The molecule has 0 amide bonds. The van der Waals surface area contributed by atoms with Crippen LogP contribution in [0.25, 0.3) is 0 Å². The maximum absolute atomic E-state index is 12.2. The first kappa shape index (κ1) is 13.9. The molecule has 2 aromatic rings. The van der Waals surface area contributed by atoms with Crippen LogP contribution in [0.1, 0.15) is 15.9 Å². The molecule has 1 aromatic heterocycles. The van der Waals surface area contributed by atoms with Crippen molar-refractivity contribution in [2.75, 3.05) is 5.43 Å². The average Bonchev–Trinajstić information content (AvgIpc) is 2.56. The van der Waals surface area contributed by atoms with E-state index in [1.165, 1.54) is 0 Å². The molecular formula is C15H9N5O. The lowest BCUT2D eigenvalue weighted by atomic mass is 10.0. The van der Waals surface area contributed by atoms with Crippen molar-refractivity contribution < 1.29 is 4.79 Å². The SMILES string of the molecule is N#CC(C#N)=NNc1ccc(C(=O)c2ccncc2)cc1. The molecule has 0 atom stereocenters. The highest BCUT2D eigenvalue weighted by Gasteiger charge is 2.08. The normalized spacial score (nSPS) is 9.05. The highest BCUT2D eigenvalue weighted by molar-refractivity contribution is 6.10. The van der Waals surface area contributed by atoms with Crippen LogP contribution >= 0.6 is 0 Å². The summed E-state index contributed by atoms with van der Waals surface area (Å²) in [5.74, 6) is -0.109. The van der Waals surface area contributed by atoms with Crippen LogP contribution in [0.15, 0.2) is 53.9 Å². The van der Waals surface area contributed by atoms with Crippen molar-refractivity contribution in [3.05, 3.63) is 59.9 Å². The van der Waals surface area contributed by atoms with Crippen LogP contribution in [0.3, 0.4) is 0 Å². The molecule has 6 heteroatoms. The highest BCUT2D eigenvalue weighted by Crippen LogP contribution is 2.13. The molecule has 0 aliphatic rings. The van der Waals surface area contributed by atoms with Crippen molar-refractivity contribution in [3.8, 4) is 12.1 Å². The summed E-state index contributed by atoms with van der Waals surface area (Å²) in [7, 11) is 0. The van der Waals surface area contributed by atoms with Crippen LogP contribution < -0.4 is 5.43 Å². The molecule has 6 nitrogen and oxygen atoms in total. The largest absolute Gasteiger partial charge is 0.289 e. The minimum Gasteiger partial charge on any atom is -0.289 e. The van der Waals surface area contributed by atoms with E-state index in [0.717, 1.165) is 0 Å². The van der Waals surface area contributed by atoms with E-state index < -0.39 is 0 Å². The van der Waals surface area contributed by atoms with Gasteiger partial charge >= 0.3 is 0 Å². The average molecular weight is 275 g/mol. The second kappa shape index (κ2) is 6.60. The molecular weight excluding hydrogens is 266 g/mol. The van der Waals surface area contributed by atoms with Crippen molar-refractivity contribution >= 4 is 17.2 Å². The van der Waals surface area contributed by atoms with Crippen LogP contribution in [-0.4, -0.2) is 16.5 Å². The van der Waals surface area contributed by atoms with Gasteiger partial charge < -0.3 is 0 Å². The molecule has 1 N–H and O–H groups in total. The van der Waals surface area contributed by atoms with Gasteiger partial charge in [-0.15, -0.1) is 0 Å². The molecule has 0 aliphatic heterocycles. The number of hydrogen-bond donors (Lipinski definition) is 1. The Morgan fingerprint density at radius 3 is 2.14 bits per heavy atom. The standard InChI is InChI=1S/C15H9N5O/c16-9-14(10-17)20-19-13-3-1-11(2-4-13)15(21)12-5-7-18-8-6-12/h1-8,19H. The van der Waals surface area contributed by atoms with Gasteiger partial charge in [-0.05, 0) is 36.4 Å². The lowest BCUT2D eigenvalue weighted by molar-refractivity contribution is 0.103. The fraction of sp³-hybridized carbons (Fsp3) is 0. The number of nitriles is 2. The van der Waals surface area contributed by atoms with Crippen molar-refractivity contribution in [3.63, 3.8) is 0 Å². The lowest BCUT2D eigenvalue weighted by Gasteiger charge is -2.03. The Morgan fingerprint density at radius 1 is 1.00 bits per heavy atom. The van der Waals surface area contributed by atoms with E-state index in [9.17, 15) is 4.79 Å². The van der Waals surface area contributed by atoms with Crippen LogP contribution in [0.4, 0.5) is 5.69 Å². The zero-order valence-electron chi connectivity index (χ0n) is 10.8.